The van der Waals surface area contributed by atoms with Crippen molar-refractivity contribution < 1.29 is 33.0 Å². The number of aromatic nitrogens is 2. The number of aromatic amines is 1. The van der Waals surface area contributed by atoms with Crippen LogP contribution >= 0.6 is 20.0 Å². The van der Waals surface area contributed by atoms with Gasteiger partial charge >= 0.3 is 19.4 Å². The minimum Gasteiger partial charge on any atom is -0.462 e. The average Bonchev–Trinajstić information content (AvgIpc) is 2.76. The SMILES string of the molecule is CC(C)OC(=O)[C@H](C)NP(=O)(OC[C@H](C)O[C@@H](n1ccc(=S)[nH]c1=O)C(C)(C)O)Oc1ccccc1. The van der Waals surface area contributed by atoms with E-state index in [0.29, 0.717) is 0 Å². The fraction of sp³-hybridized carbons (Fsp3) is 0.522. The van der Waals surface area contributed by atoms with Crippen molar-refractivity contribution in [1.82, 2.24) is 14.6 Å². The molecule has 0 amide bonds. The van der Waals surface area contributed by atoms with Crippen molar-refractivity contribution in [2.75, 3.05) is 6.61 Å². The summed E-state index contributed by atoms with van der Waals surface area (Å²) in [4.78, 5) is 27.1. The highest BCUT2D eigenvalue weighted by atomic mass is 32.1. The number of hydrogen-bond acceptors (Lipinski definition) is 9. The zero-order valence-corrected chi connectivity index (χ0v) is 22.9. The second-order valence-electron chi connectivity index (χ2n) is 9.00. The molecular formula is C23H34N3O8PS. The van der Waals surface area contributed by atoms with Crippen LogP contribution in [0.25, 0.3) is 0 Å². The summed E-state index contributed by atoms with van der Waals surface area (Å²) in [6.45, 7) is 9.17. The second kappa shape index (κ2) is 12.8. The van der Waals surface area contributed by atoms with Crippen molar-refractivity contribution in [2.45, 2.75) is 71.6 Å². The number of H-pyrrole nitrogens is 1. The number of carbonyl (C=O) groups is 1. The van der Waals surface area contributed by atoms with Crippen LogP contribution in [-0.2, 0) is 23.4 Å². The molecule has 1 aromatic carbocycles. The zero-order valence-electron chi connectivity index (χ0n) is 21.2. The number of rotatable bonds is 13. The Morgan fingerprint density at radius 3 is 2.39 bits per heavy atom. The van der Waals surface area contributed by atoms with E-state index in [0.717, 1.165) is 4.57 Å². The highest BCUT2D eigenvalue weighted by Crippen LogP contribution is 2.45. The summed E-state index contributed by atoms with van der Waals surface area (Å²) in [5.41, 5.74) is -2.05. The van der Waals surface area contributed by atoms with Crippen LogP contribution in [0.5, 0.6) is 5.75 Å². The number of nitrogens with zero attached hydrogens (tertiary/aromatic N) is 1. The number of nitrogens with one attached hydrogen (secondary N) is 2. The van der Waals surface area contributed by atoms with E-state index in [9.17, 15) is 19.3 Å². The van der Waals surface area contributed by atoms with Gasteiger partial charge in [-0.2, -0.15) is 5.09 Å². The van der Waals surface area contributed by atoms with E-state index in [2.05, 4.69) is 10.1 Å². The average molecular weight is 544 g/mol. The van der Waals surface area contributed by atoms with Crippen LogP contribution in [0.15, 0.2) is 47.4 Å². The lowest BCUT2D eigenvalue weighted by atomic mass is 10.1. The fourth-order valence-electron chi connectivity index (χ4n) is 2.98. The molecule has 0 aliphatic heterocycles. The van der Waals surface area contributed by atoms with Gasteiger partial charge < -0.3 is 19.1 Å². The van der Waals surface area contributed by atoms with Gasteiger partial charge in [0.05, 0.1) is 18.8 Å². The predicted molar refractivity (Wildman–Crippen MR) is 136 cm³/mol. The van der Waals surface area contributed by atoms with E-state index in [1.807, 2.05) is 0 Å². The topological polar surface area (TPSA) is 141 Å². The Kier molecular flexibility index (Phi) is 10.6. The highest BCUT2D eigenvalue weighted by Gasteiger charge is 2.35. The van der Waals surface area contributed by atoms with Crippen molar-refractivity contribution in [3.05, 3.63) is 57.7 Å². The number of ether oxygens (including phenoxy) is 2. The molecule has 0 fully saturated rings. The maximum atomic E-state index is 13.6. The first kappa shape index (κ1) is 29.9. The van der Waals surface area contributed by atoms with E-state index in [1.54, 1.807) is 51.1 Å². The minimum atomic E-state index is -4.10. The maximum Gasteiger partial charge on any atom is 0.459 e. The van der Waals surface area contributed by atoms with Gasteiger partial charge in [-0.3, -0.25) is 18.9 Å². The first-order valence-electron chi connectivity index (χ1n) is 11.4. The highest BCUT2D eigenvalue weighted by molar-refractivity contribution is 7.71. The lowest BCUT2D eigenvalue weighted by molar-refractivity contribution is -0.161. The largest absolute Gasteiger partial charge is 0.462 e. The van der Waals surface area contributed by atoms with E-state index >= 15 is 0 Å². The number of aliphatic hydroxyl groups is 1. The van der Waals surface area contributed by atoms with Gasteiger partial charge in [-0.15, -0.1) is 0 Å². The van der Waals surface area contributed by atoms with E-state index < -0.39 is 43.4 Å². The summed E-state index contributed by atoms with van der Waals surface area (Å²) < 4.78 is 37.3. The monoisotopic (exact) mass is 543 g/mol. The third-order valence-corrected chi connectivity index (χ3v) is 6.46. The van der Waals surface area contributed by atoms with Gasteiger partial charge in [0, 0.05) is 6.20 Å². The molecule has 0 saturated carbocycles. The molecule has 36 heavy (non-hydrogen) atoms. The molecule has 0 bridgehead atoms. The van der Waals surface area contributed by atoms with Crippen LogP contribution in [0.3, 0.4) is 0 Å². The normalized spacial score (nSPS) is 16.1. The first-order chi connectivity index (χ1) is 16.7. The van der Waals surface area contributed by atoms with E-state index in [4.69, 9.17) is 30.7 Å². The third-order valence-electron chi connectivity index (χ3n) is 4.57. The number of carbonyl (C=O) groups excluding carboxylic acids is 1. The van der Waals surface area contributed by atoms with Crippen molar-refractivity contribution >= 4 is 25.9 Å². The molecule has 11 nitrogen and oxygen atoms in total. The van der Waals surface area contributed by atoms with Crippen LogP contribution in [0, 0.1) is 4.64 Å². The molecule has 1 aromatic heterocycles. The Morgan fingerprint density at radius 2 is 1.83 bits per heavy atom. The Hall–Kier alpha value is -2.34. The molecule has 13 heteroatoms. The molecule has 2 aromatic rings. The van der Waals surface area contributed by atoms with Gasteiger partial charge in [0.15, 0.2) is 6.23 Å². The summed E-state index contributed by atoms with van der Waals surface area (Å²) >= 11 is 4.96. The molecule has 3 N–H and O–H groups in total. The Bertz CT molecular complexity index is 1160. The summed E-state index contributed by atoms with van der Waals surface area (Å²) in [7, 11) is -4.10. The van der Waals surface area contributed by atoms with E-state index in [1.165, 1.54) is 33.0 Å². The number of para-hydroxylation sites is 1. The van der Waals surface area contributed by atoms with Crippen LogP contribution in [0.4, 0.5) is 0 Å². The van der Waals surface area contributed by atoms with Crippen molar-refractivity contribution in [1.29, 1.82) is 0 Å². The van der Waals surface area contributed by atoms with Gasteiger partial charge in [0.25, 0.3) is 0 Å². The van der Waals surface area contributed by atoms with Crippen molar-refractivity contribution in [2.24, 2.45) is 0 Å². The smallest absolute Gasteiger partial charge is 0.459 e. The fourth-order valence-corrected chi connectivity index (χ4v) is 4.69. The van der Waals surface area contributed by atoms with Crippen LogP contribution < -0.4 is 15.3 Å². The zero-order chi connectivity index (χ0) is 27.1. The summed E-state index contributed by atoms with van der Waals surface area (Å²) in [5.74, 6) is -0.371. The standard InChI is InChI=1S/C23H34N3O8PS/c1-15(2)32-20(27)17(4)25-35(30,34-18-10-8-7-9-11-18)31-14-16(3)33-21(23(5,6)29)26-13-12-19(36)24-22(26)28/h7-13,15-17,21,29H,14H2,1-6H3,(H,25,30)(H,24,28,36)/t16-,17-,21+,35?/m0/s1. The predicted octanol–water partition coefficient (Wildman–Crippen LogP) is 3.71. The molecule has 0 aliphatic carbocycles. The molecule has 2 rings (SSSR count). The summed E-state index contributed by atoms with van der Waals surface area (Å²) in [6, 6.07) is 8.81. The Labute approximate surface area is 215 Å². The Balaban J connectivity index is 2.20. The van der Waals surface area contributed by atoms with Crippen LogP contribution in [0.2, 0.25) is 0 Å². The molecule has 0 radical (unpaired) electrons. The van der Waals surface area contributed by atoms with Gasteiger partial charge in [-0.1, -0.05) is 30.4 Å². The van der Waals surface area contributed by atoms with Crippen molar-refractivity contribution in [3.8, 4) is 5.75 Å². The van der Waals surface area contributed by atoms with Gasteiger partial charge in [0.1, 0.15) is 22.0 Å². The molecule has 0 aliphatic rings. The first-order valence-corrected chi connectivity index (χ1v) is 13.3. The molecule has 0 spiro atoms. The number of hydrogen-bond donors (Lipinski definition) is 3. The summed E-state index contributed by atoms with van der Waals surface area (Å²) in [6.07, 6.45) is -0.856. The molecule has 4 atom stereocenters. The minimum absolute atomic E-state index is 0.234. The van der Waals surface area contributed by atoms with Gasteiger partial charge in [-0.25, -0.2) is 9.36 Å². The second-order valence-corrected chi connectivity index (χ2v) is 11.1. The van der Waals surface area contributed by atoms with Crippen molar-refractivity contribution in [3.63, 3.8) is 0 Å². The molecular weight excluding hydrogens is 509 g/mol. The number of esters is 1. The lowest BCUT2D eigenvalue weighted by Crippen LogP contribution is -2.43. The van der Waals surface area contributed by atoms with Crippen LogP contribution in [0.1, 0.15) is 47.8 Å². The molecule has 1 heterocycles. The van der Waals surface area contributed by atoms with Gasteiger partial charge in [-0.05, 0) is 59.7 Å². The maximum absolute atomic E-state index is 13.6. The third kappa shape index (κ3) is 9.27. The van der Waals surface area contributed by atoms with Gasteiger partial charge in [0.2, 0.25) is 0 Å². The lowest BCUT2D eigenvalue weighted by Gasteiger charge is -2.33. The van der Waals surface area contributed by atoms with Crippen LogP contribution in [-0.4, -0.2) is 51.1 Å². The quantitative estimate of drug-likeness (QED) is 0.194. The molecule has 200 valence electrons. The van der Waals surface area contributed by atoms with E-state index in [-0.39, 0.29) is 23.1 Å². The molecule has 1 unspecified atom stereocenters. The number of benzene rings is 1. The Morgan fingerprint density at radius 1 is 1.19 bits per heavy atom. The molecule has 0 saturated heterocycles. The summed E-state index contributed by atoms with van der Waals surface area (Å²) in [5, 5.41) is 13.2.